The summed E-state index contributed by atoms with van der Waals surface area (Å²) in [7, 11) is 3.70. The first-order valence-corrected chi connectivity index (χ1v) is 6.46. The second-order valence-electron chi connectivity index (χ2n) is 4.05. The smallest absolute Gasteiger partial charge is 0.133 e. The molecule has 0 saturated heterocycles. The molecule has 0 amide bonds. The van der Waals surface area contributed by atoms with E-state index in [2.05, 4.69) is 40.3 Å². The molecule has 0 bridgehead atoms. The highest BCUT2D eigenvalue weighted by molar-refractivity contribution is 9.10. The van der Waals surface area contributed by atoms with Crippen molar-refractivity contribution in [3.05, 3.63) is 28.2 Å². The second-order valence-corrected chi connectivity index (χ2v) is 4.91. The van der Waals surface area contributed by atoms with Crippen LogP contribution >= 0.6 is 15.9 Å². The molecule has 0 aliphatic rings. The van der Waals surface area contributed by atoms with Crippen LogP contribution in [0.4, 0.5) is 0 Å². The molecule has 0 aliphatic heterocycles. The van der Waals surface area contributed by atoms with Gasteiger partial charge in [0.1, 0.15) is 5.75 Å². The molecule has 0 aromatic heterocycles. The molecule has 1 aromatic carbocycles. The van der Waals surface area contributed by atoms with Crippen LogP contribution in [0.5, 0.6) is 5.75 Å². The topological polar surface area (TPSA) is 21.3 Å². The van der Waals surface area contributed by atoms with Gasteiger partial charge in [0.15, 0.2) is 0 Å². The van der Waals surface area contributed by atoms with Crippen LogP contribution in [0.1, 0.15) is 25.3 Å². The Bertz CT molecular complexity index is 328. The predicted molar refractivity (Wildman–Crippen MR) is 72.2 cm³/mol. The zero-order valence-corrected chi connectivity index (χ0v) is 11.8. The van der Waals surface area contributed by atoms with Crippen molar-refractivity contribution in [1.82, 2.24) is 5.32 Å². The average Bonchev–Trinajstić information content (AvgIpc) is 2.29. The maximum absolute atomic E-state index is 5.20. The van der Waals surface area contributed by atoms with Crippen molar-refractivity contribution in [1.29, 1.82) is 0 Å². The highest BCUT2D eigenvalue weighted by atomic mass is 79.9. The Kier molecular flexibility index (Phi) is 5.85. The summed E-state index contributed by atoms with van der Waals surface area (Å²) in [6, 6.07) is 6.89. The van der Waals surface area contributed by atoms with Gasteiger partial charge >= 0.3 is 0 Å². The zero-order valence-electron chi connectivity index (χ0n) is 10.2. The maximum atomic E-state index is 5.20. The van der Waals surface area contributed by atoms with Gasteiger partial charge in [-0.05, 0) is 66.9 Å². The van der Waals surface area contributed by atoms with Gasteiger partial charge in [0.05, 0.1) is 11.6 Å². The Morgan fingerprint density at radius 3 is 2.75 bits per heavy atom. The van der Waals surface area contributed by atoms with Crippen LogP contribution in [0.25, 0.3) is 0 Å². The number of halogens is 1. The highest BCUT2D eigenvalue weighted by Gasteiger charge is 2.02. The van der Waals surface area contributed by atoms with Gasteiger partial charge in [-0.15, -0.1) is 0 Å². The van der Waals surface area contributed by atoms with Crippen molar-refractivity contribution in [3.8, 4) is 5.75 Å². The van der Waals surface area contributed by atoms with Gasteiger partial charge in [0, 0.05) is 6.04 Å². The van der Waals surface area contributed by atoms with Gasteiger partial charge in [0.2, 0.25) is 0 Å². The molecular weight excluding hydrogens is 266 g/mol. The number of ether oxygens (including phenoxy) is 1. The van der Waals surface area contributed by atoms with Gasteiger partial charge in [-0.25, -0.2) is 0 Å². The van der Waals surface area contributed by atoms with Gasteiger partial charge < -0.3 is 10.1 Å². The minimum atomic E-state index is 0.599. The summed E-state index contributed by atoms with van der Waals surface area (Å²) in [4.78, 5) is 0. The third-order valence-corrected chi connectivity index (χ3v) is 3.43. The molecule has 16 heavy (non-hydrogen) atoms. The molecule has 0 radical (unpaired) electrons. The molecule has 0 spiro atoms. The Balaban J connectivity index is 2.46. The molecule has 90 valence electrons. The van der Waals surface area contributed by atoms with Crippen LogP contribution in [0.2, 0.25) is 0 Å². The largest absolute Gasteiger partial charge is 0.496 e. The standard InChI is InChI=1S/C13H20BrNO/c1-10(15-2)5-4-6-11-7-8-13(16-3)12(14)9-11/h7-10,15H,4-6H2,1-3H3. The monoisotopic (exact) mass is 285 g/mol. The summed E-state index contributed by atoms with van der Waals surface area (Å²) >= 11 is 3.50. The number of rotatable bonds is 6. The fourth-order valence-electron chi connectivity index (χ4n) is 1.62. The van der Waals surface area contributed by atoms with E-state index < -0.39 is 0 Å². The maximum Gasteiger partial charge on any atom is 0.133 e. The molecule has 1 rings (SSSR count). The molecule has 0 heterocycles. The first-order chi connectivity index (χ1) is 7.67. The molecule has 1 N–H and O–H groups in total. The zero-order chi connectivity index (χ0) is 12.0. The molecule has 0 aliphatic carbocycles. The van der Waals surface area contributed by atoms with Gasteiger partial charge in [-0.3, -0.25) is 0 Å². The molecule has 3 heteroatoms. The Hall–Kier alpha value is -0.540. The van der Waals surface area contributed by atoms with Crippen molar-refractivity contribution in [3.63, 3.8) is 0 Å². The Morgan fingerprint density at radius 2 is 2.19 bits per heavy atom. The van der Waals surface area contributed by atoms with Gasteiger partial charge in [-0.1, -0.05) is 6.07 Å². The average molecular weight is 286 g/mol. The van der Waals surface area contributed by atoms with Crippen molar-refractivity contribution in [2.24, 2.45) is 0 Å². The normalized spacial score (nSPS) is 12.5. The molecule has 1 aromatic rings. The van der Waals surface area contributed by atoms with Crippen LogP contribution < -0.4 is 10.1 Å². The fourth-order valence-corrected chi connectivity index (χ4v) is 2.21. The summed E-state index contributed by atoms with van der Waals surface area (Å²) < 4.78 is 6.24. The van der Waals surface area contributed by atoms with Crippen LogP contribution in [-0.2, 0) is 6.42 Å². The minimum Gasteiger partial charge on any atom is -0.496 e. The molecule has 2 nitrogen and oxygen atoms in total. The van der Waals surface area contributed by atoms with Crippen molar-refractivity contribution < 1.29 is 4.74 Å². The summed E-state index contributed by atoms with van der Waals surface area (Å²) in [5, 5.41) is 3.25. The number of benzene rings is 1. The lowest BCUT2D eigenvalue weighted by molar-refractivity contribution is 0.412. The molecular formula is C13H20BrNO. The SMILES string of the molecule is CNC(C)CCCc1ccc(OC)c(Br)c1. The van der Waals surface area contributed by atoms with E-state index in [0.717, 1.165) is 16.6 Å². The van der Waals surface area contributed by atoms with Crippen molar-refractivity contribution in [2.45, 2.75) is 32.2 Å². The lowest BCUT2D eigenvalue weighted by Crippen LogP contribution is -2.20. The summed E-state index contributed by atoms with van der Waals surface area (Å²) in [6.45, 7) is 2.21. The van der Waals surface area contributed by atoms with E-state index in [1.165, 1.54) is 18.4 Å². The lowest BCUT2D eigenvalue weighted by atomic mass is 10.1. The third-order valence-electron chi connectivity index (χ3n) is 2.81. The Morgan fingerprint density at radius 1 is 1.44 bits per heavy atom. The van der Waals surface area contributed by atoms with Crippen LogP contribution in [0.15, 0.2) is 22.7 Å². The lowest BCUT2D eigenvalue weighted by Gasteiger charge is -2.10. The van der Waals surface area contributed by atoms with Crippen LogP contribution in [0, 0.1) is 0 Å². The van der Waals surface area contributed by atoms with E-state index in [-0.39, 0.29) is 0 Å². The Labute approximate surface area is 107 Å². The molecule has 0 saturated carbocycles. The van der Waals surface area contributed by atoms with Crippen LogP contribution in [0.3, 0.4) is 0 Å². The molecule has 1 unspecified atom stereocenters. The van der Waals surface area contributed by atoms with Crippen molar-refractivity contribution in [2.75, 3.05) is 14.2 Å². The third kappa shape index (κ3) is 4.14. The number of hydrogen-bond donors (Lipinski definition) is 1. The number of aryl methyl sites for hydroxylation is 1. The van der Waals surface area contributed by atoms with E-state index in [1.54, 1.807) is 7.11 Å². The quantitative estimate of drug-likeness (QED) is 0.865. The van der Waals surface area contributed by atoms with Crippen LogP contribution in [-0.4, -0.2) is 20.2 Å². The highest BCUT2D eigenvalue weighted by Crippen LogP contribution is 2.26. The molecule has 1 atom stereocenters. The van der Waals surface area contributed by atoms with Gasteiger partial charge in [-0.2, -0.15) is 0 Å². The van der Waals surface area contributed by atoms with E-state index in [4.69, 9.17) is 4.74 Å². The summed E-state index contributed by atoms with van der Waals surface area (Å²) in [5.41, 5.74) is 1.36. The summed E-state index contributed by atoms with van der Waals surface area (Å²) in [6.07, 6.45) is 3.54. The predicted octanol–water partition coefficient (Wildman–Crippen LogP) is 3.39. The summed E-state index contributed by atoms with van der Waals surface area (Å²) in [5.74, 6) is 0.896. The first kappa shape index (κ1) is 13.5. The molecule has 0 fully saturated rings. The van der Waals surface area contributed by atoms with Crippen molar-refractivity contribution >= 4 is 15.9 Å². The van der Waals surface area contributed by atoms with E-state index in [1.807, 2.05) is 13.1 Å². The van der Waals surface area contributed by atoms with E-state index >= 15 is 0 Å². The minimum absolute atomic E-state index is 0.599. The van der Waals surface area contributed by atoms with E-state index in [0.29, 0.717) is 6.04 Å². The number of nitrogens with one attached hydrogen (secondary N) is 1. The fraction of sp³-hybridized carbons (Fsp3) is 0.538. The second kappa shape index (κ2) is 6.92. The number of methoxy groups -OCH3 is 1. The number of hydrogen-bond acceptors (Lipinski definition) is 2. The first-order valence-electron chi connectivity index (χ1n) is 5.67. The van der Waals surface area contributed by atoms with Gasteiger partial charge in [0.25, 0.3) is 0 Å². The van der Waals surface area contributed by atoms with E-state index in [9.17, 15) is 0 Å².